The number of benzene rings is 1. The summed E-state index contributed by atoms with van der Waals surface area (Å²) in [6.45, 7) is 4.87. The van der Waals surface area contributed by atoms with Gasteiger partial charge in [0.2, 0.25) is 0 Å². The highest BCUT2D eigenvalue weighted by molar-refractivity contribution is 5.42. The monoisotopic (exact) mass is 259 g/mol. The van der Waals surface area contributed by atoms with Crippen molar-refractivity contribution in [2.75, 3.05) is 13.7 Å². The molecule has 4 nitrogen and oxygen atoms in total. The van der Waals surface area contributed by atoms with Crippen molar-refractivity contribution in [1.29, 1.82) is 0 Å². The molecule has 2 N–H and O–H groups in total. The Morgan fingerprint density at radius 2 is 2.11 bits per heavy atom. The van der Waals surface area contributed by atoms with Crippen molar-refractivity contribution in [3.8, 4) is 11.4 Å². The second kappa shape index (κ2) is 5.89. The third-order valence-electron chi connectivity index (χ3n) is 3.37. The van der Waals surface area contributed by atoms with E-state index in [1.807, 2.05) is 28.9 Å². The molecule has 0 bridgehead atoms. The van der Waals surface area contributed by atoms with E-state index in [-0.39, 0.29) is 0 Å². The summed E-state index contributed by atoms with van der Waals surface area (Å²) in [7, 11) is 1.67. The van der Waals surface area contributed by atoms with Gasteiger partial charge in [-0.25, -0.2) is 4.68 Å². The SMILES string of the molecule is COc1cccc(-n2nc(C)c(CCCN)c2C)c1. The second-order valence-corrected chi connectivity index (χ2v) is 4.65. The second-order valence-electron chi connectivity index (χ2n) is 4.65. The summed E-state index contributed by atoms with van der Waals surface area (Å²) in [4.78, 5) is 0. The summed E-state index contributed by atoms with van der Waals surface area (Å²) < 4.78 is 7.24. The number of ether oxygens (including phenoxy) is 1. The third kappa shape index (κ3) is 2.79. The van der Waals surface area contributed by atoms with Crippen molar-refractivity contribution in [2.45, 2.75) is 26.7 Å². The van der Waals surface area contributed by atoms with Crippen LogP contribution >= 0.6 is 0 Å². The highest BCUT2D eigenvalue weighted by Gasteiger charge is 2.12. The Bertz CT molecular complexity index is 561. The predicted octanol–water partition coefficient (Wildman–Crippen LogP) is 2.39. The lowest BCUT2D eigenvalue weighted by Crippen LogP contribution is -2.02. The van der Waals surface area contributed by atoms with Gasteiger partial charge in [0.15, 0.2) is 0 Å². The van der Waals surface area contributed by atoms with Crippen LogP contribution in [0.5, 0.6) is 5.75 Å². The van der Waals surface area contributed by atoms with E-state index in [0.717, 1.165) is 30.0 Å². The molecule has 19 heavy (non-hydrogen) atoms. The summed E-state index contributed by atoms with van der Waals surface area (Å²) in [5.74, 6) is 0.841. The smallest absolute Gasteiger partial charge is 0.121 e. The van der Waals surface area contributed by atoms with Gasteiger partial charge in [0.1, 0.15) is 5.75 Å². The third-order valence-corrected chi connectivity index (χ3v) is 3.37. The van der Waals surface area contributed by atoms with Crippen LogP contribution in [0.15, 0.2) is 24.3 Å². The van der Waals surface area contributed by atoms with Gasteiger partial charge >= 0.3 is 0 Å². The van der Waals surface area contributed by atoms with Crippen LogP contribution in [0.1, 0.15) is 23.4 Å². The first-order chi connectivity index (χ1) is 9.17. The van der Waals surface area contributed by atoms with Crippen molar-refractivity contribution in [1.82, 2.24) is 9.78 Å². The number of aryl methyl sites for hydroxylation is 1. The standard InChI is InChI=1S/C15H21N3O/c1-11-15(8-5-9-16)12(2)18(17-11)13-6-4-7-14(10-13)19-3/h4,6-7,10H,5,8-9,16H2,1-3H3. The van der Waals surface area contributed by atoms with Gasteiger partial charge in [0.25, 0.3) is 0 Å². The quantitative estimate of drug-likeness (QED) is 0.897. The van der Waals surface area contributed by atoms with Crippen LogP contribution in [0.3, 0.4) is 0 Å². The molecule has 2 aromatic rings. The number of aromatic nitrogens is 2. The number of hydrogen-bond donors (Lipinski definition) is 1. The molecule has 0 saturated carbocycles. The molecular weight excluding hydrogens is 238 g/mol. The zero-order valence-corrected chi connectivity index (χ0v) is 11.8. The Morgan fingerprint density at radius 3 is 2.79 bits per heavy atom. The molecule has 4 heteroatoms. The van der Waals surface area contributed by atoms with E-state index in [9.17, 15) is 0 Å². The van der Waals surface area contributed by atoms with Gasteiger partial charge in [-0.2, -0.15) is 5.10 Å². The van der Waals surface area contributed by atoms with Crippen molar-refractivity contribution in [2.24, 2.45) is 5.73 Å². The van der Waals surface area contributed by atoms with Crippen molar-refractivity contribution >= 4 is 0 Å². The maximum absolute atomic E-state index is 5.59. The molecule has 0 atom stereocenters. The summed E-state index contributed by atoms with van der Waals surface area (Å²) in [5.41, 5.74) is 10.2. The van der Waals surface area contributed by atoms with E-state index < -0.39 is 0 Å². The maximum atomic E-state index is 5.59. The first kappa shape index (κ1) is 13.6. The zero-order chi connectivity index (χ0) is 13.8. The summed E-state index contributed by atoms with van der Waals surface area (Å²) >= 11 is 0. The van der Waals surface area contributed by atoms with E-state index >= 15 is 0 Å². The van der Waals surface area contributed by atoms with Crippen LogP contribution in [0, 0.1) is 13.8 Å². The van der Waals surface area contributed by atoms with Gasteiger partial charge in [-0.15, -0.1) is 0 Å². The largest absolute Gasteiger partial charge is 0.497 e. The van der Waals surface area contributed by atoms with E-state index in [1.54, 1.807) is 7.11 Å². The van der Waals surface area contributed by atoms with Crippen LogP contribution in [-0.4, -0.2) is 23.4 Å². The molecule has 102 valence electrons. The topological polar surface area (TPSA) is 53.1 Å². The minimum absolute atomic E-state index is 0.712. The molecule has 1 heterocycles. The molecule has 0 spiro atoms. The van der Waals surface area contributed by atoms with Gasteiger partial charge in [0.05, 0.1) is 18.5 Å². The molecular formula is C15H21N3O. The minimum Gasteiger partial charge on any atom is -0.497 e. The normalized spacial score (nSPS) is 10.7. The number of nitrogens with zero attached hydrogens (tertiary/aromatic N) is 2. The number of nitrogens with two attached hydrogens (primary N) is 1. The number of hydrogen-bond acceptors (Lipinski definition) is 3. The minimum atomic E-state index is 0.712. The van der Waals surface area contributed by atoms with Gasteiger partial charge in [-0.3, -0.25) is 0 Å². The lowest BCUT2D eigenvalue weighted by Gasteiger charge is -2.07. The van der Waals surface area contributed by atoms with Gasteiger partial charge in [-0.05, 0) is 50.9 Å². The molecule has 0 aliphatic carbocycles. The molecule has 2 rings (SSSR count). The molecule has 0 unspecified atom stereocenters. The lowest BCUT2D eigenvalue weighted by molar-refractivity contribution is 0.414. The van der Waals surface area contributed by atoms with Crippen molar-refractivity contribution in [3.05, 3.63) is 41.2 Å². The Labute approximate surface area is 114 Å². The molecule has 0 aliphatic rings. The molecule has 1 aromatic heterocycles. The first-order valence-corrected chi connectivity index (χ1v) is 6.57. The highest BCUT2D eigenvalue weighted by Crippen LogP contribution is 2.21. The molecule has 0 amide bonds. The summed E-state index contributed by atoms with van der Waals surface area (Å²) in [5, 5.41) is 4.63. The Balaban J connectivity index is 2.39. The predicted molar refractivity (Wildman–Crippen MR) is 77.0 cm³/mol. The Kier molecular flexibility index (Phi) is 4.22. The Hall–Kier alpha value is -1.81. The van der Waals surface area contributed by atoms with Crippen LogP contribution in [0.2, 0.25) is 0 Å². The van der Waals surface area contributed by atoms with Gasteiger partial charge in [-0.1, -0.05) is 6.07 Å². The molecule has 0 aliphatic heterocycles. The lowest BCUT2D eigenvalue weighted by atomic mass is 10.1. The molecule has 0 fully saturated rings. The number of rotatable bonds is 5. The summed E-state index contributed by atoms with van der Waals surface area (Å²) in [6, 6.07) is 7.94. The van der Waals surface area contributed by atoms with Crippen molar-refractivity contribution in [3.63, 3.8) is 0 Å². The number of methoxy groups -OCH3 is 1. The fourth-order valence-corrected chi connectivity index (χ4v) is 2.31. The average Bonchev–Trinajstić information content (AvgIpc) is 2.72. The van der Waals surface area contributed by atoms with Crippen LogP contribution < -0.4 is 10.5 Å². The van der Waals surface area contributed by atoms with Crippen LogP contribution in [0.4, 0.5) is 0 Å². The van der Waals surface area contributed by atoms with E-state index in [0.29, 0.717) is 6.54 Å². The van der Waals surface area contributed by atoms with E-state index in [2.05, 4.69) is 18.9 Å². The maximum Gasteiger partial charge on any atom is 0.121 e. The van der Waals surface area contributed by atoms with Crippen molar-refractivity contribution < 1.29 is 4.74 Å². The van der Waals surface area contributed by atoms with Crippen LogP contribution in [-0.2, 0) is 6.42 Å². The van der Waals surface area contributed by atoms with E-state index in [4.69, 9.17) is 10.5 Å². The van der Waals surface area contributed by atoms with E-state index in [1.165, 1.54) is 11.3 Å². The molecule has 1 aromatic carbocycles. The zero-order valence-electron chi connectivity index (χ0n) is 11.8. The van der Waals surface area contributed by atoms with Crippen LogP contribution in [0.25, 0.3) is 5.69 Å². The Morgan fingerprint density at radius 1 is 1.32 bits per heavy atom. The molecule has 0 radical (unpaired) electrons. The van der Waals surface area contributed by atoms with Gasteiger partial charge < -0.3 is 10.5 Å². The fourth-order valence-electron chi connectivity index (χ4n) is 2.31. The first-order valence-electron chi connectivity index (χ1n) is 6.57. The van der Waals surface area contributed by atoms with Gasteiger partial charge in [0, 0.05) is 11.8 Å². The fraction of sp³-hybridized carbons (Fsp3) is 0.400. The summed E-state index contributed by atoms with van der Waals surface area (Å²) in [6.07, 6.45) is 1.98. The molecule has 0 saturated heterocycles. The highest BCUT2D eigenvalue weighted by atomic mass is 16.5. The average molecular weight is 259 g/mol.